The first-order chi connectivity index (χ1) is 14.2. The maximum absolute atomic E-state index is 6.25. The van der Waals surface area contributed by atoms with E-state index < -0.39 is 0 Å². The van der Waals surface area contributed by atoms with E-state index in [4.69, 9.17) is 25.8 Å². The Kier molecular flexibility index (Phi) is 7.79. The first kappa shape index (κ1) is 21.0. The van der Waals surface area contributed by atoms with Crippen molar-refractivity contribution in [2.45, 2.75) is 19.6 Å². The predicted molar refractivity (Wildman–Crippen MR) is 117 cm³/mol. The van der Waals surface area contributed by atoms with E-state index in [9.17, 15) is 0 Å². The monoisotopic (exact) mass is 411 g/mol. The molecule has 0 aliphatic heterocycles. The van der Waals surface area contributed by atoms with Crippen molar-refractivity contribution in [3.63, 3.8) is 0 Å². The van der Waals surface area contributed by atoms with Crippen molar-refractivity contribution in [2.75, 3.05) is 20.8 Å². The molecule has 0 aliphatic carbocycles. The SMILES string of the molecule is COc1ccc(CCNCc2cccc(OC)c2OCc2ccccc2Cl)cc1. The smallest absolute Gasteiger partial charge is 0.166 e. The number of ether oxygens (including phenoxy) is 3. The third kappa shape index (κ3) is 5.89. The van der Waals surface area contributed by atoms with Crippen LogP contribution in [0.25, 0.3) is 0 Å². The summed E-state index contributed by atoms with van der Waals surface area (Å²) in [5.74, 6) is 2.33. The second-order valence-corrected chi connectivity index (χ2v) is 7.01. The Morgan fingerprint density at radius 1 is 0.828 bits per heavy atom. The molecule has 0 aromatic heterocycles. The van der Waals surface area contributed by atoms with Crippen LogP contribution in [0.2, 0.25) is 5.02 Å². The van der Waals surface area contributed by atoms with Crippen molar-refractivity contribution in [1.29, 1.82) is 0 Å². The molecule has 29 heavy (non-hydrogen) atoms. The van der Waals surface area contributed by atoms with Crippen LogP contribution in [-0.2, 0) is 19.6 Å². The number of hydrogen-bond donors (Lipinski definition) is 1. The predicted octanol–water partition coefficient (Wildman–Crippen LogP) is 5.27. The number of halogens is 1. The zero-order chi connectivity index (χ0) is 20.5. The van der Waals surface area contributed by atoms with Gasteiger partial charge < -0.3 is 19.5 Å². The quantitative estimate of drug-likeness (QED) is 0.461. The molecule has 0 saturated heterocycles. The molecule has 0 saturated carbocycles. The van der Waals surface area contributed by atoms with E-state index >= 15 is 0 Å². The Balaban J connectivity index is 1.60. The molecule has 0 heterocycles. The summed E-state index contributed by atoms with van der Waals surface area (Å²) in [4.78, 5) is 0. The zero-order valence-electron chi connectivity index (χ0n) is 16.8. The normalized spacial score (nSPS) is 10.6. The Bertz CT molecular complexity index is 912. The molecule has 152 valence electrons. The highest BCUT2D eigenvalue weighted by atomic mass is 35.5. The van der Waals surface area contributed by atoms with Gasteiger partial charge in [0.2, 0.25) is 0 Å². The third-order valence-electron chi connectivity index (χ3n) is 4.68. The van der Waals surface area contributed by atoms with E-state index in [-0.39, 0.29) is 0 Å². The fraction of sp³-hybridized carbons (Fsp3) is 0.250. The number of para-hydroxylation sites is 1. The minimum absolute atomic E-state index is 0.388. The van der Waals surface area contributed by atoms with Crippen LogP contribution in [0.4, 0.5) is 0 Å². The highest BCUT2D eigenvalue weighted by molar-refractivity contribution is 6.31. The summed E-state index contributed by atoms with van der Waals surface area (Å²) in [5.41, 5.74) is 3.25. The average Bonchev–Trinajstić information content (AvgIpc) is 2.76. The minimum Gasteiger partial charge on any atom is -0.497 e. The second kappa shape index (κ2) is 10.7. The Morgan fingerprint density at radius 3 is 2.31 bits per heavy atom. The number of hydrogen-bond acceptors (Lipinski definition) is 4. The number of nitrogens with one attached hydrogen (secondary N) is 1. The van der Waals surface area contributed by atoms with Crippen molar-refractivity contribution < 1.29 is 14.2 Å². The van der Waals surface area contributed by atoms with Crippen LogP contribution in [0.15, 0.2) is 66.7 Å². The lowest BCUT2D eigenvalue weighted by Gasteiger charge is -2.16. The van der Waals surface area contributed by atoms with Gasteiger partial charge in [0, 0.05) is 22.7 Å². The van der Waals surface area contributed by atoms with Crippen LogP contribution in [0.3, 0.4) is 0 Å². The van der Waals surface area contributed by atoms with Crippen molar-refractivity contribution in [3.8, 4) is 17.2 Å². The van der Waals surface area contributed by atoms with E-state index in [0.717, 1.165) is 35.6 Å². The number of rotatable bonds is 10. The van der Waals surface area contributed by atoms with E-state index in [1.54, 1.807) is 14.2 Å². The fourth-order valence-corrected chi connectivity index (χ4v) is 3.23. The second-order valence-electron chi connectivity index (χ2n) is 6.60. The summed E-state index contributed by atoms with van der Waals surface area (Å²) in [6, 6.07) is 21.8. The number of methoxy groups -OCH3 is 2. The molecule has 3 aromatic carbocycles. The topological polar surface area (TPSA) is 39.7 Å². The lowest BCUT2D eigenvalue weighted by Crippen LogP contribution is -2.17. The first-order valence-corrected chi connectivity index (χ1v) is 9.94. The molecule has 0 bridgehead atoms. The lowest BCUT2D eigenvalue weighted by molar-refractivity contribution is 0.280. The van der Waals surface area contributed by atoms with Crippen molar-refractivity contribution in [3.05, 3.63) is 88.4 Å². The van der Waals surface area contributed by atoms with Gasteiger partial charge in [-0.1, -0.05) is 54.1 Å². The molecule has 3 aromatic rings. The zero-order valence-corrected chi connectivity index (χ0v) is 17.5. The van der Waals surface area contributed by atoms with Gasteiger partial charge in [0.15, 0.2) is 11.5 Å². The first-order valence-electron chi connectivity index (χ1n) is 9.57. The van der Waals surface area contributed by atoms with Crippen LogP contribution >= 0.6 is 11.6 Å². The maximum Gasteiger partial charge on any atom is 0.166 e. The molecular weight excluding hydrogens is 386 g/mol. The van der Waals surface area contributed by atoms with Gasteiger partial charge in [0.25, 0.3) is 0 Å². The molecule has 0 unspecified atom stereocenters. The van der Waals surface area contributed by atoms with Gasteiger partial charge in [-0.2, -0.15) is 0 Å². The van der Waals surface area contributed by atoms with E-state index in [2.05, 4.69) is 17.4 Å². The van der Waals surface area contributed by atoms with Crippen LogP contribution < -0.4 is 19.5 Å². The van der Waals surface area contributed by atoms with E-state index in [0.29, 0.717) is 23.9 Å². The van der Waals surface area contributed by atoms with E-state index in [1.165, 1.54) is 5.56 Å². The summed E-state index contributed by atoms with van der Waals surface area (Å²) >= 11 is 6.25. The molecule has 0 radical (unpaired) electrons. The molecule has 0 aliphatic rings. The molecule has 3 rings (SSSR count). The summed E-state index contributed by atoms with van der Waals surface area (Å²) in [7, 11) is 3.33. The van der Waals surface area contributed by atoms with Gasteiger partial charge in [0.05, 0.1) is 14.2 Å². The Hall–Kier alpha value is -2.69. The summed E-state index contributed by atoms with van der Waals surface area (Å²) in [5, 5.41) is 4.18. The van der Waals surface area contributed by atoms with Crippen LogP contribution in [0.1, 0.15) is 16.7 Å². The van der Waals surface area contributed by atoms with Gasteiger partial charge in [-0.25, -0.2) is 0 Å². The van der Waals surface area contributed by atoms with Crippen LogP contribution in [0, 0.1) is 0 Å². The summed E-state index contributed by atoms with van der Waals surface area (Å²) in [6.07, 6.45) is 0.934. The maximum atomic E-state index is 6.25. The van der Waals surface area contributed by atoms with Crippen molar-refractivity contribution >= 4 is 11.6 Å². The highest BCUT2D eigenvalue weighted by Crippen LogP contribution is 2.32. The third-order valence-corrected chi connectivity index (χ3v) is 5.04. The highest BCUT2D eigenvalue weighted by Gasteiger charge is 2.11. The molecule has 0 amide bonds. The molecule has 0 fully saturated rings. The van der Waals surface area contributed by atoms with Crippen molar-refractivity contribution in [2.24, 2.45) is 0 Å². The van der Waals surface area contributed by atoms with Gasteiger partial charge in [0.1, 0.15) is 12.4 Å². The number of benzene rings is 3. The molecule has 0 atom stereocenters. The molecule has 4 nitrogen and oxygen atoms in total. The molecule has 1 N–H and O–H groups in total. The molecule has 5 heteroatoms. The van der Waals surface area contributed by atoms with Gasteiger partial charge in [-0.15, -0.1) is 0 Å². The van der Waals surface area contributed by atoms with E-state index in [1.807, 2.05) is 54.6 Å². The molecular formula is C24H26ClNO3. The Labute approximate surface area is 177 Å². The average molecular weight is 412 g/mol. The summed E-state index contributed by atoms with van der Waals surface area (Å²) < 4.78 is 16.8. The molecule has 0 spiro atoms. The fourth-order valence-electron chi connectivity index (χ4n) is 3.04. The lowest BCUT2D eigenvalue weighted by atomic mass is 10.1. The Morgan fingerprint density at radius 2 is 1.59 bits per heavy atom. The van der Waals surface area contributed by atoms with Gasteiger partial charge in [-0.3, -0.25) is 0 Å². The van der Waals surface area contributed by atoms with Crippen LogP contribution in [0.5, 0.6) is 17.2 Å². The minimum atomic E-state index is 0.388. The summed E-state index contributed by atoms with van der Waals surface area (Å²) in [6.45, 7) is 1.93. The van der Waals surface area contributed by atoms with Gasteiger partial charge in [-0.05, 0) is 42.8 Å². The van der Waals surface area contributed by atoms with Crippen LogP contribution in [-0.4, -0.2) is 20.8 Å². The largest absolute Gasteiger partial charge is 0.497 e. The standard InChI is InChI=1S/C24H26ClNO3/c1-27-21-12-10-18(11-13-21)14-15-26-16-19-7-5-9-23(28-2)24(19)29-17-20-6-3-4-8-22(20)25/h3-13,26H,14-17H2,1-2H3. The van der Waals surface area contributed by atoms with Gasteiger partial charge >= 0.3 is 0 Å². The van der Waals surface area contributed by atoms with Crippen molar-refractivity contribution in [1.82, 2.24) is 5.32 Å².